The molecule has 0 unspecified atom stereocenters. The molecule has 0 N–H and O–H groups in total. The second-order valence-corrected chi connectivity index (χ2v) is 6.39. The number of benzene rings is 1. The van der Waals surface area contributed by atoms with Gasteiger partial charge < -0.3 is 0 Å². The fourth-order valence-electron chi connectivity index (χ4n) is 3.05. The van der Waals surface area contributed by atoms with Gasteiger partial charge in [-0.3, -0.25) is 9.78 Å². The van der Waals surface area contributed by atoms with E-state index < -0.39 is 6.03 Å². The first-order valence-corrected chi connectivity index (χ1v) is 8.32. The summed E-state index contributed by atoms with van der Waals surface area (Å²) in [5.74, 6) is 0.299. The SMILES string of the molecule is CC(=O)N1C(=O)N(N=Cc2cccnc2)Cc2cc(C3CC3)ccc21. The Hall–Kier alpha value is -3.02. The van der Waals surface area contributed by atoms with Crippen molar-refractivity contribution in [1.29, 1.82) is 0 Å². The number of rotatable bonds is 3. The summed E-state index contributed by atoms with van der Waals surface area (Å²) >= 11 is 0. The average Bonchev–Trinajstić information content (AvgIpc) is 3.45. The van der Waals surface area contributed by atoms with Gasteiger partial charge in [-0.25, -0.2) is 14.7 Å². The topological polar surface area (TPSA) is 65.9 Å². The van der Waals surface area contributed by atoms with Gasteiger partial charge in [0, 0.05) is 24.9 Å². The summed E-state index contributed by atoms with van der Waals surface area (Å²) in [6.45, 7) is 1.75. The quantitative estimate of drug-likeness (QED) is 0.809. The van der Waals surface area contributed by atoms with Crippen LogP contribution in [0.15, 0.2) is 47.8 Å². The molecule has 2 aliphatic rings. The highest BCUT2D eigenvalue weighted by Gasteiger charge is 2.34. The number of imide groups is 1. The number of hydrogen-bond donors (Lipinski definition) is 0. The zero-order chi connectivity index (χ0) is 17.4. The highest BCUT2D eigenvalue weighted by Crippen LogP contribution is 2.42. The van der Waals surface area contributed by atoms with Gasteiger partial charge in [-0.05, 0) is 42.0 Å². The van der Waals surface area contributed by atoms with E-state index in [-0.39, 0.29) is 5.91 Å². The number of amides is 3. The van der Waals surface area contributed by atoms with Crippen LogP contribution in [-0.4, -0.2) is 28.1 Å². The van der Waals surface area contributed by atoms with Crippen molar-refractivity contribution in [3.05, 3.63) is 59.4 Å². The second-order valence-electron chi connectivity index (χ2n) is 6.39. The lowest BCUT2D eigenvalue weighted by Crippen LogP contribution is -2.47. The molecule has 6 nitrogen and oxygen atoms in total. The number of anilines is 1. The number of hydrazone groups is 1. The maximum absolute atomic E-state index is 12.7. The van der Waals surface area contributed by atoms with E-state index in [0.717, 1.165) is 11.1 Å². The fourth-order valence-corrected chi connectivity index (χ4v) is 3.05. The molecule has 0 radical (unpaired) electrons. The van der Waals surface area contributed by atoms with Crippen molar-refractivity contribution in [2.45, 2.75) is 32.2 Å². The van der Waals surface area contributed by atoms with Gasteiger partial charge in [0.05, 0.1) is 18.4 Å². The third-order valence-corrected chi connectivity index (χ3v) is 4.47. The number of carbonyl (C=O) groups is 2. The number of carbonyl (C=O) groups excluding carboxylic acids is 2. The van der Waals surface area contributed by atoms with E-state index >= 15 is 0 Å². The van der Waals surface area contributed by atoms with Crippen LogP contribution in [0.2, 0.25) is 0 Å². The Kier molecular flexibility index (Phi) is 3.80. The Balaban J connectivity index is 1.68. The molecule has 1 aromatic carbocycles. The molecule has 1 fully saturated rings. The van der Waals surface area contributed by atoms with Gasteiger partial charge in [-0.2, -0.15) is 5.10 Å². The molecule has 2 heterocycles. The normalized spacial score (nSPS) is 17.1. The van der Waals surface area contributed by atoms with Crippen molar-refractivity contribution in [2.75, 3.05) is 4.90 Å². The molecule has 4 rings (SSSR count). The zero-order valence-corrected chi connectivity index (χ0v) is 13.9. The molecule has 2 aromatic rings. The monoisotopic (exact) mass is 334 g/mol. The van der Waals surface area contributed by atoms with Crippen LogP contribution in [0.1, 0.15) is 42.4 Å². The predicted molar refractivity (Wildman–Crippen MR) is 94.3 cm³/mol. The number of pyridine rings is 1. The fraction of sp³-hybridized carbons (Fsp3) is 0.263. The Morgan fingerprint density at radius 3 is 2.84 bits per heavy atom. The molecular formula is C19H18N4O2. The number of fused-ring (bicyclic) bond motifs is 1. The van der Waals surface area contributed by atoms with Gasteiger partial charge in [0.2, 0.25) is 5.91 Å². The zero-order valence-electron chi connectivity index (χ0n) is 13.9. The van der Waals surface area contributed by atoms with E-state index in [1.54, 1.807) is 24.7 Å². The van der Waals surface area contributed by atoms with Crippen LogP contribution >= 0.6 is 0 Å². The van der Waals surface area contributed by atoms with E-state index in [9.17, 15) is 9.59 Å². The van der Waals surface area contributed by atoms with Crippen LogP contribution in [0.4, 0.5) is 10.5 Å². The van der Waals surface area contributed by atoms with E-state index in [1.807, 2.05) is 18.2 Å². The first kappa shape index (κ1) is 15.5. The molecule has 6 heteroatoms. The van der Waals surface area contributed by atoms with Crippen molar-refractivity contribution in [2.24, 2.45) is 5.10 Å². The van der Waals surface area contributed by atoms with Gasteiger partial charge in [0.15, 0.2) is 0 Å². The Labute approximate surface area is 145 Å². The highest BCUT2D eigenvalue weighted by molar-refractivity contribution is 6.14. The summed E-state index contributed by atoms with van der Waals surface area (Å²) in [7, 11) is 0. The van der Waals surface area contributed by atoms with Crippen LogP contribution in [0.5, 0.6) is 0 Å². The molecule has 0 bridgehead atoms. The molecule has 126 valence electrons. The van der Waals surface area contributed by atoms with E-state index in [0.29, 0.717) is 18.2 Å². The maximum Gasteiger partial charge on any atom is 0.352 e. The number of nitrogens with zero attached hydrogens (tertiary/aromatic N) is 4. The molecule has 0 saturated heterocycles. The molecule has 0 spiro atoms. The standard InChI is InChI=1S/C19H18N4O2/c1-13(24)23-18-7-6-16(15-4-5-15)9-17(18)12-22(19(23)25)21-11-14-3-2-8-20-10-14/h2-3,6-11,15H,4-5,12H2,1H3. The number of hydrogen-bond acceptors (Lipinski definition) is 4. The molecular weight excluding hydrogens is 316 g/mol. The van der Waals surface area contributed by atoms with Gasteiger partial charge in [-0.1, -0.05) is 18.2 Å². The summed E-state index contributed by atoms with van der Waals surface area (Å²) < 4.78 is 0. The molecule has 1 aromatic heterocycles. The number of urea groups is 1. The van der Waals surface area contributed by atoms with Crippen molar-refractivity contribution >= 4 is 23.8 Å². The third kappa shape index (κ3) is 3.03. The van der Waals surface area contributed by atoms with Gasteiger partial charge in [-0.15, -0.1) is 0 Å². The summed E-state index contributed by atoms with van der Waals surface area (Å²) in [4.78, 5) is 29.9. The largest absolute Gasteiger partial charge is 0.352 e. The predicted octanol–water partition coefficient (Wildman–Crippen LogP) is 3.28. The first-order valence-electron chi connectivity index (χ1n) is 8.32. The summed E-state index contributed by atoms with van der Waals surface area (Å²) in [5.41, 5.74) is 3.67. The van der Waals surface area contributed by atoms with Crippen molar-refractivity contribution < 1.29 is 9.59 Å². The molecule has 1 saturated carbocycles. The highest BCUT2D eigenvalue weighted by atomic mass is 16.2. The maximum atomic E-state index is 12.7. The lowest BCUT2D eigenvalue weighted by Gasteiger charge is -2.32. The molecule has 0 atom stereocenters. The van der Waals surface area contributed by atoms with E-state index in [1.165, 1.54) is 35.2 Å². The first-order chi connectivity index (χ1) is 12.1. The van der Waals surface area contributed by atoms with E-state index in [2.05, 4.69) is 16.2 Å². The van der Waals surface area contributed by atoms with Crippen LogP contribution in [-0.2, 0) is 11.3 Å². The molecule has 1 aliphatic carbocycles. The van der Waals surface area contributed by atoms with Crippen molar-refractivity contribution in [1.82, 2.24) is 9.99 Å². The average molecular weight is 334 g/mol. The van der Waals surface area contributed by atoms with Crippen LogP contribution < -0.4 is 4.90 Å². The Morgan fingerprint density at radius 2 is 2.16 bits per heavy atom. The molecule has 25 heavy (non-hydrogen) atoms. The Bertz CT molecular complexity index is 859. The number of aromatic nitrogens is 1. The minimum atomic E-state index is -0.431. The second kappa shape index (κ2) is 6.12. The minimum absolute atomic E-state index is 0.313. The third-order valence-electron chi connectivity index (χ3n) is 4.47. The van der Waals surface area contributed by atoms with Gasteiger partial charge in [0.1, 0.15) is 0 Å². The van der Waals surface area contributed by atoms with Crippen LogP contribution in [0.3, 0.4) is 0 Å². The summed E-state index contributed by atoms with van der Waals surface area (Å²) in [6.07, 6.45) is 7.34. The lowest BCUT2D eigenvalue weighted by molar-refractivity contribution is -0.116. The lowest BCUT2D eigenvalue weighted by atomic mass is 10.0. The summed E-state index contributed by atoms with van der Waals surface area (Å²) in [5, 5.41) is 5.61. The smallest absolute Gasteiger partial charge is 0.274 e. The van der Waals surface area contributed by atoms with Crippen LogP contribution in [0.25, 0.3) is 0 Å². The van der Waals surface area contributed by atoms with E-state index in [4.69, 9.17) is 0 Å². The summed E-state index contributed by atoms with van der Waals surface area (Å²) in [6, 6.07) is 9.23. The molecule has 3 amide bonds. The van der Waals surface area contributed by atoms with Crippen LogP contribution in [0, 0.1) is 0 Å². The minimum Gasteiger partial charge on any atom is -0.274 e. The van der Waals surface area contributed by atoms with Gasteiger partial charge in [0.25, 0.3) is 0 Å². The Morgan fingerprint density at radius 1 is 1.32 bits per heavy atom. The van der Waals surface area contributed by atoms with Crippen molar-refractivity contribution in [3.63, 3.8) is 0 Å². The van der Waals surface area contributed by atoms with Crippen molar-refractivity contribution in [3.8, 4) is 0 Å². The van der Waals surface area contributed by atoms with Gasteiger partial charge >= 0.3 is 6.03 Å². The molecule has 1 aliphatic heterocycles.